The van der Waals surface area contributed by atoms with Gasteiger partial charge in [0.25, 0.3) is 0 Å². The minimum Gasteiger partial charge on any atom is -0.303 e. The first-order valence-electron chi connectivity index (χ1n) is 8.34. The van der Waals surface area contributed by atoms with E-state index in [2.05, 4.69) is 84.3 Å². The summed E-state index contributed by atoms with van der Waals surface area (Å²) in [4.78, 5) is 5.03. The number of benzene rings is 2. The van der Waals surface area contributed by atoms with Crippen LogP contribution in [0.25, 0.3) is 0 Å². The van der Waals surface area contributed by atoms with Gasteiger partial charge in [-0.15, -0.1) is 12.4 Å². The SMILES string of the molecule is CCN(CC)CCN(Cc1ccccc1)Cc1ccccc1.Cl. The maximum absolute atomic E-state index is 2.54. The normalized spacial score (nSPS) is 10.8. The zero-order valence-corrected chi connectivity index (χ0v) is 15.1. The lowest BCUT2D eigenvalue weighted by Gasteiger charge is -2.26. The van der Waals surface area contributed by atoms with E-state index in [0.717, 1.165) is 39.3 Å². The third-order valence-electron chi connectivity index (χ3n) is 4.12. The fraction of sp³-hybridized carbons (Fsp3) is 0.400. The fourth-order valence-electron chi connectivity index (χ4n) is 2.72. The Kier molecular flexibility index (Phi) is 9.61. The third kappa shape index (κ3) is 7.17. The first-order chi connectivity index (χ1) is 10.8. The molecule has 0 heterocycles. The highest BCUT2D eigenvalue weighted by Crippen LogP contribution is 2.10. The van der Waals surface area contributed by atoms with E-state index in [4.69, 9.17) is 0 Å². The molecular weight excluding hydrogens is 304 g/mol. The molecule has 0 aromatic heterocycles. The Morgan fingerprint density at radius 3 is 1.39 bits per heavy atom. The minimum atomic E-state index is 0. The van der Waals surface area contributed by atoms with Crippen molar-refractivity contribution in [1.29, 1.82) is 0 Å². The molecule has 0 bridgehead atoms. The van der Waals surface area contributed by atoms with Crippen LogP contribution in [0.15, 0.2) is 60.7 Å². The van der Waals surface area contributed by atoms with Crippen LogP contribution in [0.3, 0.4) is 0 Å². The molecule has 0 N–H and O–H groups in total. The number of nitrogens with zero attached hydrogens (tertiary/aromatic N) is 2. The van der Waals surface area contributed by atoms with Crippen molar-refractivity contribution in [2.45, 2.75) is 26.9 Å². The molecule has 0 unspecified atom stereocenters. The van der Waals surface area contributed by atoms with Gasteiger partial charge in [-0.2, -0.15) is 0 Å². The number of rotatable bonds is 9. The van der Waals surface area contributed by atoms with E-state index in [1.54, 1.807) is 0 Å². The van der Waals surface area contributed by atoms with Crippen LogP contribution in [0.1, 0.15) is 25.0 Å². The summed E-state index contributed by atoms with van der Waals surface area (Å²) in [6, 6.07) is 21.5. The second-order valence-corrected chi connectivity index (χ2v) is 5.71. The van der Waals surface area contributed by atoms with Crippen LogP contribution in [0.5, 0.6) is 0 Å². The van der Waals surface area contributed by atoms with Crippen LogP contribution in [0.4, 0.5) is 0 Å². The molecule has 3 heteroatoms. The van der Waals surface area contributed by atoms with Crippen molar-refractivity contribution in [2.24, 2.45) is 0 Å². The molecule has 0 amide bonds. The van der Waals surface area contributed by atoms with Crippen molar-refractivity contribution < 1.29 is 0 Å². The van der Waals surface area contributed by atoms with Crippen molar-refractivity contribution in [1.82, 2.24) is 9.80 Å². The van der Waals surface area contributed by atoms with E-state index in [1.807, 2.05) is 0 Å². The third-order valence-corrected chi connectivity index (χ3v) is 4.12. The van der Waals surface area contributed by atoms with Gasteiger partial charge in [0.1, 0.15) is 0 Å². The molecule has 23 heavy (non-hydrogen) atoms. The van der Waals surface area contributed by atoms with E-state index in [-0.39, 0.29) is 12.4 Å². The molecule has 0 fully saturated rings. The molecule has 2 aromatic carbocycles. The predicted octanol–water partition coefficient (Wildman–Crippen LogP) is 4.45. The van der Waals surface area contributed by atoms with Crippen LogP contribution < -0.4 is 0 Å². The highest BCUT2D eigenvalue weighted by molar-refractivity contribution is 5.85. The maximum Gasteiger partial charge on any atom is 0.0237 e. The molecule has 0 radical (unpaired) electrons. The number of halogens is 1. The molecule has 0 aliphatic heterocycles. The quantitative estimate of drug-likeness (QED) is 0.669. The Hall–Kier alpha value is -1.35. The molecule has 0 atom stereocenters. The fourth-order valence-corrected chi connectivity index (χ4v) is 2.72. The zero-order valence-electron chi connectivity index (χ0n) is 14.3. The van der Waals surface area contributed by atoms with Gasteiger partial charge in [-0.25, -0.2) is 0 Å². The van der Waals surface area contributed by atoms with Gasteiger partial charge in [0, 0.05) is 26.2 Å². The van der Waals surface area contributed by atoms with Gasteiger partial charge in [-0.05, 0) is 24.2 Å². The van der Waals surface area contributed by atoms with Gasteiger partial charge >= 0.3 is 0 Å². The smallest absolute Gasteiger partial charge is 0.0237 e. The molecular formula is C20H29ClN2. The molecule has 0 aliphatic carbocycles. The summed E-state index contributed by atoms with van der Waals surface area (Å²) in [6.07, 6.45) is 0. The largest absolute Gasteiger partial charge is 0.303 e. The summed E-state index contributed by atoms with van der Waals surface area (Å²) < 4.78 is 0. The topological polar surface area (TPSA) is 6.48 Å². The minimum absolute atomic E-state index is 0. The molecule has 0 spiro atoms. The van der Waals surface area contributed by atoms with Crippen molar-refractivity contribution in [3.63, 3.8) is 0 Å². The second kappa shape index (κ2) is 11.2. The Labute approximate surface area is 147 Å². The lowest BCUT2D eigenvalue weighted by atomic mass is 10.1. The number of likely N-dealkylation sites (N-methyl/N-ethyl adjacent to an activating group) is 1. The van der Waals surface area contributed by atoms with Crippen molar-refractivity contribution >= 4 is 12.4 Å². The van der Waals surface area contributed by atoms with Gasteiger partial charge < -0.3 is 4.90 Å². The summed E-state index contributed by atoms with van der Waals surface area (Å²) in [7, 11) is 0. The lowest BCUT2D eigenvalue weighted by molar-refractivity contribution is 0.202. The van der Waals surface area contributed by atoms with Gasteiger partial charge in [0.05, 0.1) is 0 Å². The van der Waals surface area contributed by atoms with E-state index in [9.17, 15) is 0 Å². The van der Waals surface area contributed by atoms with E-state index in [0.29, 0.717) is 0 Å². The Bertz CT molecular complexity index is 470. The molecule has 0 saturated carbocycles. The summed E-state index contributed by atoms with van der Waals surface area (Å²) in [5.41, 5.74) is 2.77. The zero-order chi connectivity index (χ0) is 15.6. The van der Waals surface area contributed by atoms with Crippen molar-refractivity contribution in [3.8, 4) is 0 Å². The van der Waals surface area contributed by atoms with Gasteiger partial charge in [0.2, 0.25) is 0 Å². The first-order valence-corrected chi connectivity index (χ1v) is 8.34. The number of hydrogen-bond acceptors (Lipinski definition) is 2. The monoisotopic (exact) mass is 332 g/mol. The first kappa shape index (κ1) is 19.7. The second-order valence-electron chi connectivity index (χ2n) is 5.71. The molecule has 0 saturated heterocycles. The highest BCUT2D eigenvalue weighted by atomic mass is 35.5. The van der Waals surface area contributed by atoms with Gasteiger partial charge in [0.15, 0.2) is 0 Å². The Morgan fingerprint density at radius 2 is 1.00 bits per heavy atom. The average Bonchev–Trinajstić information content (AvgIpc) is 2.57. The van der Waals surface area contributed by atoms with Crippen LogP contribution in [0, 0.1) is 0 Å². The lowest BCUT2D eigenvalue weighted by Crippen LogP contribution is -2.34. The highest BCUT2D eigenvalue weighted by Gasteiger charge is 2.09. The van der Waals surface area contributed by atoms with Crippen LogP contribution >= 0.6 is 12.4 Å². The summed E-state index contributed by atoms with van der Waals surface area (Å²) in [5, 5.41) is 0. The van der Waals surface area contributed by atoms with Crippen LogP contribution in [-0.4, -0.2) is 36.0 Å². The Balaban J connectivity index is 0.00000264. The summed E-state index contributed by atoms with van der Waals surface area (Å²) in [6.45, 7) is 11.0. The van der Waals surface area contributed by atoms with E-state index >= 15 is 0 Å². The van der Waals surface area contributed by atoms with Crippen LogP contribution in [0.2, 0.25) is 0 Å². The van der Waals surface area contributed by atoms with Crippen LogP contribution in [-0.2, 0) is 13.1 Å². The van der Waals surface area contributed by atoms with Crippen molar-refractivity contribution in [2.75, 3.05) is 26.2 Å². The standard InChI is InChI=1S/C20H28N2.ClH/c1-3-21(4-2)15-16-22(17-19-11-7-5-8-12-19)18-20-13-9-6-10-14-20;/h5-14H,3-4,15-18H2,1-2H3;1H. The summed E-state index contributed by atoms with van der Waals surface area (Å²) in [5.74, 6) is 0. The van der Waals surface area contributed by atoms with E-state index < -0.39 is 0 Å². The molecule has 2 nitrogen and oxygen atoms in total. The molecule has 0 aliphatic rings. The Morgan fingerprint density at radius 1 is 0.609 bits per heavy atom. The number of hydrogen-bond donors (Lipinski definition) is 0. The molecule has 2 aromatic rings. The summed E-state index contributed by atoms with van der Waals surface area (Å²) >= 11 is 0. The predicted molar refractivity (Wildman–Crippen MR) is 102 cm³/mol. The van der Waals surface area contributed by atoms with E-state index in [1.165, 1.54) is 11.1 Å². The van der Waals surface area contributed by atoms with Gasteiger partial charge in [-0.1, -0.05) is 74.5 Å². The molecule has 2 rings (SSSR count). The maximum atomic E-state index is 2.54. The van der Waals surface area contributed by atoms with Gasteiger partial charge in [-0.3, -0.25) is 4.90 Å². The van der Waals surface area contributed by atoms with Crippen molar-refractivity contribution in [3.05, 3.63) is 71.8 Å². The average molecular weight is 333 g/mol. The molecule has 126 valence electrons.